The van der Waals surface area contributed by atoms with E-state index in [1.165, 1.54) is 19.3 Å². The van der Waals surface area contributed by atoms with Crippen LogP contribution in [0.15, 0.2) is 4.99 Å². The van der Waals surface area contributed by atoms with Crippen LogP contribution in [-0.2, 0) is 4.74 Å². The number of hydrogen-bond acceptors (Lipinski definition) is 3. The molecule has 1 rings (SSSR count). The van der Waals surface area contributed by atoms with Crippen molar-refractivity contribution in [1.82, 2.24) is 10.7 Å². The van der Waals surface area contributed by atoms with Crippen molar-refractivity contribution in [3.05, 3.63) is 0 Å². The van der Waals surface area contributed by atoms with Gasteiger partial charge in [-0.15, -0.1) is 0 Å². The lowest BCUT2D eigenvalue weighted by Gasteiger charge is -2.33. The van der Waals surface area contributed by atoms with Crippen molar-refractivity contribution < 1.29 is 4.74 Å². The Morgan fingerprint density at radius 1 is 1.35 bits per heavy atom. The molecule has 100 valence electrons. The summed E-state index contributed by atoms with van der Waals surface area (Å²) < 4.78 is 4.95. The van der Waals surface area contributed by atoms with Crippen LogP contribution in [-0.4, -0.2) is 32.3 Å². The zero-order valence-electron chi connectivity index (χ0n) is 11.2. The standard InChI is InChI=1S/C12H26N4O/c1-9-4-5-11(8-10(9)2)15-12(16-13)14-6-7-17-3/h9-11H,4-8,13H2,1-3H3,(H2,14,15,16). The lowest BCUT2D eigenvalue weighted by Crippen LogP contribution is -2.48. The fourth-order valence-corrected chi connectivity index (χ4v) is 2.25. The maximum Gasteiger partial charge on any atom is 0.206 e. The van der Waals surface area contributed by atoms with Gasteiger partial charge in [0.15, 0.2) is 0 Å². The number of nitrogens with zero attached hydrogens (tertiary/aromatic N) is 1. The molecule has 0 saturated heterocycles. The van der Waals surface area contributed by atoms with Gasteiger partial charge in [-0.2, -0.15) is 0 Å². The Morgan fingerprint density at radius 2 is 2.12 bits per heavy atom. The highest BCUT2D eigenvalue weighted by Gasteiger charge is 2.24. The smallest absolute Gasteiger partial charge is 0.206 e. The van der Waals surface area contributed by atoms with Gasteiger partial charge in [-0.25, -0.2) is 10.8 Å². The molecule has 5 nitrogen and oxygen atoms in total. The van der Waals surface area contributed by atoms with Crippen molar-refractivity contribution in [2.45, 2.75) is 39.2 Å². The topological polar surface area (TPSA) is 71.7 Å². The number of hydrogen-bond donors (Lipinski definition) is 3. The van der Waals surface area contributed by atoms with Crippen molar-refractivity contribution in [3.63, 3.8) is 0 Å². The Labute approximate surface area is 104 Å². The van der Waals surface area contributed by atoms with Gasteiger partial charge in [-0.3, -0.25) is 5.43 Å². The van der Waals surface area contributed by atoms with E-state index in [-0.39, 0.29) is 0 Å². The van der Waals surface area contributed by atoms with Crippen LogP contribution in [0.2, 0.25) is 0 Å². The van der Waals surface area contributed by atoms with Crippen molar-refractivity contribution in [2.75, 3.05) is 20.3 Å². The third-order valence-corrected chi connectivity index (χ3v) is 3.64. The maximum absolute atomic E-state index is 5.45. The highest BCUT2D eigenvalue weighted by atomic mass is 16.5. The van der Waals surface area contributed by atoms with Gasteiger partial charge in [0.1, 0.15) is 0 Å². The minimum atomic E-state index is 0.485. The number of aliphatic imine (C=N–C) groups is 1. The summed E-state index contributed by atoms with van der Waals surface area (Å²) in [6.07, 6.45) is 3.65. The zero-order chi connectivity index (χ0) is 12.7. The Kier molecular flexibility index (Phi) is 6.29. The molecule has 0 spiro atoms. The molecule has 4 N–H and O–H groups in total. The summed E-state index contributed by atoms with van der Waals surface area (Å²) in [5, 5.41) is 3.37. The van der Waals surface area contributed by atoms with E-state index < -0.39 is 0 Å². The van der Waals surface area contributed by atoms with E-state index in [2.05, 4.69) is 29.6 Å². The minimum Gasteiger partial charge on any atom is -0.383 e. The summed E-state index contributed by atoms with van der Waals surface area (Å²) in [7, 11) is 1.67. The lowest BCUT2D eigenvalue weighted by atomic mass is 9.79. The van der Waals surface area contributed by atoms with Crippen LogP contribution < -0.4 is 16.6 Å². The predicted octanol–water partition coefficient (Wildman–Crippen LogP) is 0.866. The monoisotopic (exact) mass is 242 g/mol. The largest absolute Gasteiger partial charge is 0.383 e. The summed E-state index contributed by atoms with van der Waals surface area (Å²) in [5.41, 5.74) is 2.62. The Hall–Kier alpha value is -0.810. The van der Waals surface area contributed by atoms with Crippen molar-refractivity contribution in [1.29, 1.82) is 0 Å². The molecule has 0 heterocycles. The first kappa shape index (κ1) is 14.3. The van der Waals surface area contributed by atoms with Crippen molar-refractivity contribution in [3.8, 4) is 0 Å². The first-order valence-corrected chi connectivity index (χ1v) is 6.44. The summed E-state index contributed by atoms with van der Waals surface area (Å²) in [5.74, 6) is 7.71. The Balaban J connectivity index is 2.37. The average molecular weight is 242 g/mol. The van der Waals surface area contributed by atoms with E-state index in [1.807, 2.05) is 0 Å². The summed E-state index contributed by atoms with van der Waals surface area (Å²) in [6.45, 7) is 5.89. The van der Waals surface area contributed by atoms with E-state index in [0.717, 1.165) is 11.8 Å². The van der Waals surface area contributed by atoms with Crippen LogP contribution in [0.25, 0.3) is 0 Å². The minimum absolute atomic E-state index is 0.485. The molecule has 0 aliphatic heterocycles. The molecule has 0 amide bonds. The first-order valence-electron chi connectivity index (χ1n) is 6.44. The van der Waals surface area contributed by atoms with Crippen molar-refractivity contribution in [2.24, 2.45) is 22.7 Å². The van der Waals surface area contributed by atoms with Gasteiger partial charge in [0.05, 0.1) is 13.2 Å². The van der Waals surface area contributed by atoms with Gasteiger partial charge in [0, 0.05) is 13.2 Å². The highest BCUT2D eigenvalue weighted by molar-refractivity contribution is 5.79. The first-order chi connectivity index (χ1) is 8.17. The summed E-state index contributed by atoms with van der Waals surface area (Å²) >= 11 is 0. The molecule has 5 heteroatoms. The van der Waals surface area contributed by atoms with Gasteiger partial charge in [0.25, 0.3) is 0 Å². The van der Waals surface area contributed by atoms with Crippen LogP contribution in [0.1, 0.15) is 33.1 Å². The molecule has 0 bridgehead atoms. The van der Waals surface area contributed by atoms with Gasteiger partial charge in [-0.1, -0.05) is 13.8 Å². The third kappa shape index (κ3) is 4.91. The molecular formula is C12H26N4O. The van der Waals surface area contributed by atoms with Gasteiger partial charge >= 0.3 is 0 Å². The quantitative estimate of drug-likeness (QED) is 0.225. The van der Waals surface area contributed by atoms with E-state index in [9.17, 15) is 0 Å². The Bertz CT molecular complexity index is 245. The van der Waals surface area contributed by atoms with Crippen LogP contribution in [0, 0.1) is 11.8 Å². The fourth-order valence-electron chi connectivity index (χ4n) is 2.25. The molecule has 0 radical (unpaired) electrons. The molecule has 3 unspecified atom stereocenters. The number of methoxy groups -OCH3 is 1. The maximum atomic E-state index is 5.45. The van der Waals surface area contributed by atoms with Gasteiger partial charge in [-0.05, 0) is 31.1 Å². The lowest BCUT2D eigenvalue weighted by molar-refractivity contribution is 0.207. The second-order valence-corrected chi connectivity index (χ2v) is 4.98. The van der Waals surface area contributed by atoms with E-state index >= 15 is 0 Å². The fraction of sp³-hybridized carbons (Fsp3) is 0.917. The molecule has 1 saturated carbocycles. The average Bonchev–Trinajstić information content (AvgIpc) is 2.32. The SMILES string of the molecule is COCCN=C(NN)NC1CCC(C)C(C)C1. The molecule has 1 aliphatic rings. The summed E-state index contributed by atoms with van der Waals surface area (Å²) in [4.78, 5) is 4.31. The second kappa shape index (κ2) is 7.50. The summed E-state index contributed by atoms with van der Waals surface area (Å²) in [6, 6.07) is 0.485. The zero-order valence-corrected chi connectivity index (χ0v) is 11.2. The molecule has 1 aliphatic carbocycles. The number of guanidine groups is 1. The van der Waals surface area contributed by atoms with Gasteiger partial charge < -0.3 is 10.1 Å². The second-order valence-electron chi connectivity index (χ2n) is 4.98. The van der Waals surface area contributed by atoms with Crippen molar-refractivity contribution >= 4 is 5.96 Å². The predicted molar refractivity (Wildman–Crippen MR) is 70.6 cm³/mol. The number of hydrazine groups is 1. The van der Waals surface area contributed by atoms with Gasteiger partial charge in [0.2, 0.25) is 5.96 Å². The normalized spacial score (nSPS) is 30.1. The van der Waals surface area contributed by atoms with E-state index in [1.54, 1.807) is 7.11 Å². The Morgan fingerprint density at radius 3 is 2.71 bits per heavy atom. The van der Waals surface area contributed by atoms with Crippen LogP contribution >= 0.6 is 0 Å². The van der Waals surface area contributed by atoms with E-state index in [0.29, 0.717) is 25.2 Å². The third-order valence-electron chi connectivity index (χ3n) is 3.64. The molecule has 1 fully saturated rings. The number of ether oxygens (including phenoxy) is 1. The molecular weight excluding hydrogens is 216 g/mol. The molecule has 17 heavy (non-hydrogen) atoms. The molecule has 0 aromatic heterocycles. The number of nitrogens with one attached hydrogen (secondary N) is 2. The number of rotatable bonds is 4. The van der Waals surface area contributed by atoms with Crippen LogP contribution in [0.3, 0.4) is 0 Å². The van der Waals surface area contributed by atoms with Crippen LogP contribution in [0.4, 0.5) is 0 Å². The number of nitrogens with two attached hydrogens (primary N) is 1. The van der Waals surface area contributed by atoms with Crippen LogP contribution in [0.5, 0.6) is 0 Å². The highest BCUT2D eigenvalue weighted by Crippen LogP contribution is 2.29. The molecule has 3 atom stereocenters. The molecule has 0 aromatic carbocycles. The van der Waals surface area contributed by atoms with E-state index in [4.69, 9.17) is 10.6 Å². The molecule has 0 aromatic rings.